The zero-order chi connectivity index (χ0) is 13.4. The van der Waals surface area contributed by atoms with Crippen molar-refractivity contribution in [1.29, 1.82) is 0 Å². The minimum Gasteiger partial charge on any atom is -0.381 e. The molecule has 0 radical (unpaired) electrons. The summed E-state index contributed by atoms with van der Waals surface area (Å²) in [6.45, 7) is 10.5. The van der Waals surface area contributed by atoms with Gasteiger partial charge in [-0.05, 0) is 37.8 Å². The minimum atomic E-state index is 0.298. The number of benzene rings is 1. The number of nitrogens with zero attached hydrogens (tertiary/aromatic N) is 1. The van der Waals surface area contributed by atoms with Crippen LogP contribution in [0.15, 0.2) is 16.7 Å². The maximum Gasteiger partial charge on any atom is 0.173 e. The van der Waals surface area contributed by atoms with Crippen LogP contribution < -0.4 is 5.73 Å². The van der Waals surface area contributed by atoms with Crippen LogP contribution in [0.4, 0.5) is 5.82 Å². The Bertz CT molecular complexity index is 559. The molecule has 0 aliphatic rings. The zero-order valence-corrected chi connectivity index (χ0v) is 11.7. The topological polar surface area (TPSA) is 52.0 Å². The molecule has 0 amide bonds. The molecule has 0 fully saturated rings. The Morgan fingerprint density at radius 1 is 1.11 bits per heavy atom. The van der Waals surface area contributed by atoms with Crippen molar-refractivity contribution in [2.24, 2.45) is 0 Å². The summed E-state index contributed by atoms with van der Waals surface area (Å²) in [4.78, 5) is 0. The average molecular weight is 244 g/mol. The second-order valence-electron chi connectivity index (χ2n) is 5.24. The molecule has 1 aromatic heterocycles. The van der Waals surface area contributed by atoms with E-state index in [1.807, 2.05) is 0 Å². The van der Waals surface area contributed by atoms with Gasteiger partial charge in [-0.25, -0.2) is 0 Å². The highest BCUT2D eigenvalue weighted by Gasteiger charge is 2.21. The Balaban J connectivity index is 2.70. The smallest absolute Gasteiger partial charge is 0.173 e. The number of nitrogens with two attached hydrogens (primary N) is 1. The number of hydrogen-bond acceptors (Lipinski definition) is 3. The monoisotopic (exact) mass is 244 g/mol. The van der Waals surface area contributed by atoms with Gasteiger partial charge >= 0.3 is 0 Å². The van der Waals surface area contributed by atoms with Crippen LogP contribution in [0.3, 0.4) is 0 Å². The van der Waals surface area contributed by atoms with Gasteiger partial charge in [-0.2, -0.15) is 0 Å². The molecule has 3 heteroatoms. The second-order valence-corrected chi connectivity index (χ2v) is 5.24. The van der Waals surface area contributed by atoms with E-state index in [0.29, 0.717) is 11.7 Å². The lowest BCUT2D eigenvalue weighted by molar-refractivity contribution is 0.434. The van der Waals surface area contributed by atoms with E-state index in [2.05, 4.69) is 51.9 Å². The fourth-order valence-electron chi connectivity index (χ4n) is 2.59. The van der Waals surface area contributed by atoms with Gasteiger partial charge in [-0.1, -0.05) is 36.7 Å². The zero-order valence-electron chi connectivity index (χ0n) is 11.7. The van der Waals surface area contributed by atoms with Crippen molar-refractivity contribution in [3.63, 3.8) is 0 Å². The third kappa shape index (κ3) is 2.01. The number of nitrogen functional groups attached to an aromatic ring is 1. The maximum absolute atomic E-state index is 5.90. The van der Waals surface area contributed by atoms with Crippen molar-refractivity contribution in [2.45, 2.75) is 40.5 Å². The summed E-state index contributed by atoms with van der Waals surface area (Å²) < 4.78 is 5.47. The normalized spacial score (nSPS) is 11.2. The first-order valence-corrected chi connectivity index (χ1v) is 6.25. The molecule has 0 aliphatic carbocycles. The minimum absolute atomic E-state index is 0.298. The summed E-state index contributed by atoms with van der Waals surface area (Å²) in [5, 5.41) is 3.92. The molecule has 2 N–H and O–H groups in total. The van der Waals surface area contributed by atoms with Crippen molar-refractivity contribution < 1.29 is 4.52 Å². The Hall–Kier alpha value is -1.77. The van der Waals surface area contributed by atoms with Gasteiger partial charge in [-0.15, -0.1) is 0 Å². The number of rotatable bonds is 2. The molecular weight excluding hydrogens is 224 g/mol. The summed E-state index contributed by atoms with van der Waals surface area (Å²) >= 11 is 0. The molecule has 0 spiro atoms. The molecule has 1 aromatic carbocycles. The Labute approximate surface area is 108 Å². The maximum atomic E-state index is 5.90. The van der Waals surface area contributed by atoms with E-state index in [-0.39, 0.29) is 0 Å². The van der Waals surface area contributed by atoms with Gasteiger partial charge in [0.05, 0.1) is 0 Å². The highest BCUT2D eigenvalue weighted by Crippen LogP contribution is 2.37. The summed E-state index contributed by atoms with van der Waals surface area (Å²) in [6, 6.07) is 4.32. The lowest BCUT2D eigenvalue weighted by atomic mass is 9.92. The molecule has 1 heterocycles. The predicted molar refractivity (Wildman–Crippen MR) is 74.7 cm³/mol. The molecule has 2 rings (SSSR count). The van der Waals surface area contributed by atoms with E-state index in [1.54, 1.807) is 0 Å². The third-order valence-corrected chi connectivity index (χ3v) is 3.24. The summed E-state index contributed by atoms with van der Waals surface area (Å²) in [7, 11) is 0. The Morgan fingerprint density at radius 2 is 1.67 bits per heavy atom. The van der Waals surface area contributed by atoms with Gasteiger partial charge in [0.25, 0.3) is 0 Å². The van der Waals surface area contributed by atoms with Gasteiger partial charge < -0.3 is 10.3 Å². The van der Waals surface area contributed by atoms with E-state index >= 15 is 0 Å². The fraction of sp³-hybridized carbons (Fsp3) is 0.400. The molecular formula is C15H20N2O. The van der Waals surface area contributed by atoms with Crippen molar-refractivity contribution >= 4 is 5.82 Å². The molecule has 0 unspecified atom stereocenters. The third-order valence-electron chi connectivity index (χ3n) is 3.24. The molecule has 0 atom stereocenters. The van der Waals surface area contributed by atoms with Crippen LogP contribution in [0.5, 0.6) is 0 Å². The van der Waals surface area contributed by atoms with Crippen LogP contribution in [0, 0.1) is 20.8 Å². The largest absolute Gasteiger partial charge is 0.381 e. The number of aryl methyl sites for hydroxylation is 3. The van der Waals surface area contributed by atoms with Crippen LogP contribution in [-0.4, -0.2) is 5.16 Å². The van der Waals surface area contributed by atoms with Crippen LogP contribution in [-0.2, 0) is 0 Å². The molecule has 0 aliphatic heterocycles. The van der Waals surface area contributed by atoms with E-state index in [9.17, 15) is 0 Å². The quantitative estimate of drug-likeness (QED) is 0.869. The van der Waals surface area contributed by atoms with Crippen LogP contribution >= 0.6 is 0 Å². The van der Waals surface area contributed by atoms with Crippen molar-refractivity contribution in [3.05, 3.63) is 34.4 Å². The summed E-state index contributed by atoms with van der Waals surface area (Å²) in [5.74, 6) is 1.61. The molecule has 2 aromatic rings. The first-order chi connectivity index (χ1) is 8.41. The lowest BCUT2D eigenvalue weighted by Gasteiger charge is -2.11. The Kier molecular flexibility index (Phi) is 3.16. The lowest BCUT2D eigenvalue weighted by Crippen LogP contribution is -1.97. The molecule has 18 heavy (non-hydrogen) atoms. The molecule has 0 bridgehead atoms. The SMILES string of the molecule is Cc1cc(C)c(-c2onc(N)c2C(C)C)c(C)c1. The highest BCUT2D eigenvalue weighted by molar-refractivity contribution is 5.73. The fourth-order valence-corrected chi connectivity index (χ4v) is 2.59. The van der Waals surface area contributed by atoms with E-state index in [1.165, 1.54) is 16.7 Å². The number of hydrogen-bond donors (Lipinski definition) is 1. The van der Waals surface area contributed by atoms with Crippen LogP contribution in [0.25, 0.3) is 11.3 Å². The summed E-state index contributed by atoms with van der Waals surface area (Å²) in [5.41, 5.74) is 11.7. The molecule has 3 nitrogen and oxygen atoms in total. The molecule has 0 saturated carbocycles. The highest BCUT2D eigenvalue weighted by atomic mass is 16.5. The first-order valence-electron chi connectivity index (χ1n) is 6.25. The van der Waals surface area contributed by atoms with E-state index in [0.717, 1.165) is 16.9 Å². The van der Waals surface area contributed by atoms with E-state index < -0.39 is 0 Å². The summed E-state index contributed by atoms with van der Waals surface area (Å²) in [6.07, 6.45) is 0. The van der Waals surface area contributed by atoms with Gasteiger partial charge in [-0.3, -0.25) is 0 Å². The predicted octanol–water partition coefficient (Wildman–Crippen LogP) is 3.97. The van der Waals surface area contributed by atoms with Gasteiger partial charge in [0, 0.05) is 11.1 Å². The number of anilines is 1. The molecule has 0 saturated heterocycles. The van der Waals surface area contributed by atoms with Crippen molar-refractivity contribution in [3.8, 4) is 11.3 Å². The van der Waals surface area contributed by atoms with Crippen molar-refractivity contribution in [2.75, 3.05) is 5.73 Å². The van der Waals surface area contributed by atoms with Crippen LogP contribution in [0.1, 0.15) is 42.0 Å². The standard InChI is InChI=1S/C15H20N2O/c1-8(2)12-14(18-17-15(12)16)13-10(4)6-9(3)7-11(13)5/h6-8H,1-5H3,(H2,16,17). The van der Waals surface area contributed by atoms with Crippen molar-refractivity contribution in [1.82, 2.24) is 5.16 Å². The number of aromatic nitrogens is 1. The average Bonchev–Trinajstić information content (AvgIpc) is 2.58. The van der Waals surface area contributed by atoms with Gasteiger partial charge in [0.1, 0.15) is 0 Å². The Morgan fingerprint density at radius 3 is 2.17 bits per heavy atom. The molecule has 96 valence electrons. The van der Waals surface area contributed by atoms with Crippen LogP contribution in [0.2, 0.25) is 0 Å². The first kappa shape index (κ1) is 12.7. The van der Waals surface area contributed by atoms with Gasteiger partial charge in [0.15, 0.2) is 11.6 Å². The van der Waals surface area contributed by atoms with E-state index in [4.69, 9.17) is 10.3 Å². The van der Waals surface area contributed by atoms with Gasteiger partial charge in [0.2, 0.25) is 0 Å². The second kappa shape index (κ2) is 4.48.